The van der Waals surface area contributed by atoms with Crippen LogP contribution in [0, 0.1) is 0 Å². The standard InChI is InChI=1S/C14H17NO3/c1-9(16)15(2)13(14(17)18)12-5-3-4-11(8-12)10-6-7-10/h3-5,8,10,13H,6-7H2,1-2H3,(H,17,18). The summed E-state index contributed by atoms with van der Waals surface area (Å²) >= 11 is 0. The van der Waals surface area contributed by atoms with Crippen molar-refractivity contribution in [1.29, 1.82) is 0 Å². The lowest BCUT2D eigenvalue weighted by Crippen LogP contribution is -2.34. The molecule has 4 nitrogen and oxygen atoms in total. The fourth-order valence-corrected chi connectivity index (χ4v) is 2.11. The number of hydrogen-bond acceptors (Lipinski definition) is 2. The molecule has 0 radical (unpaired) electrons. The molecule has 1 aliphatic carbocycles. The van der Waals surface area contributed by atoms with Crippen molar-refractivity contribution < 1.29 is 14.7 Å². The topological polar surface area (TPSA) is 57.6 Å². The van der Waals surface area contributed by atoms with Crippen LogP contribution in [0.5, 0.6) is 0 Å². The van der Waals surface area contributed by atoms with Gasteiger partial charge in [0.2, 0.25) is 5.91 Å². The van der Waals surface area contributed by atoms with E-state index in [1.165, 1.54) is 37.3 Å². The molecule has 96 valence electrons. The highest BCUT2D eigenvalue weighted by Gasteiger charge is 2.29. The molecule has 0 heterocycles. The highest BCUT2D eigenvalue weighted by atomic mass is 16.4. The van der Waals surface area contributed by atoms with Gasteiger partial charge < -0.3 is 10.0 Å². The molecule has 1 saturated carbocycles. The average Bonchev–Trinajstić information content (AvgIpc) is 3.12. The minimum Gasteiger partial charge on any atom is -0.479 e. The number of carboxylic acids is 1. The Bertz CT molecular complexity index is 480. The van der Waals surface area contributed by atoms with Crippen LogP contribution in [0.25, 0.3) is 0 Å². The van der Waals surface area contributed by atoms with E-state index >= 15 is 0 Å². The van der Waals surface area contributed by atoms with Gasteiger partial charge in [0.05, 0.1) is 0 Å². The first-order valence-electron chi connectivity index (χ1n) is 6.06. The summed E-state index contributed by atoms with van der Waals surface area (Å²) in [5, 5.41) is 9.30. The van der Waals surface area contributed by atoms with E-state index in [4.69, 9.17) is 0 Å². The highest BCUT2D eigenvalue weighted by molar-refractivity contribution is 5.83. The number of amides is 1. The van der Waals surface area contributed by atoms with Gasteiger partial charge in [0, 0.05) is 14.0 Å². The molecule has 1 fully saturated rings. The Morgan fingerprint density at radius 2 is 2.06 bits per heavy atom. The van der Waals surface area contributed by atoms with Crippen LogP contribution in [0.15, 0.2) is 24.3 Å². The predicted octanol–water partition coefficient (Wildman–Crippen LogP) is 2.17. The van der Waals surface area contributed by atoms with Crippen molar-refractivity contribution in [3.8, 4) is 0 Å². The minimum atomic E-state index is -0.999. The zero-order valence-corrected chi connectivity index (χ0v) is 10.6. The molecule has 0 spiro atoms. The van der Waals surface area contributed by atoms with Gasteiger partial charge in [-0.05, 0) is 29.9 Å². The van der Waals surface area contributed by atoms with Crippen molar-refractivity contribution in [3.63, 3.8) is 0 Å². The van der Waals surface area contributed by atoms with E-state index in [0.717, 1.165) is 0 Å². The van der Waals surface area contributed by atoms with Gasteiger partial charge in [0.1, 0.15) is 0 Å². The molecule has 1 aromatic carbocycles. The van der Waals surface area contributed by atoms with E-state index in [9.17, 15) is 14.7 Å². The van der Waals surface area contributed by atoms with Crippen LogP contribution in [0.3, 0.4) is 0 Å². The lowest BCUT2D eigenvalue weighted by Gasteiger charge is -2.24. The molecular weight excluding hydrogens is 230 g/mol. The van der Waals surface area contributed by atoms with Crippen LogP contribution in [-0.4, -0.2) is 28.9 Å². The molecule has 1 aromatic rings. The Labute approximate surface area is 106 Å². The number of benzene rings is 1. The first-order valence-corrected chi connectivity index (χ1v) is 6.06. The first kappa shape index (κ1) is 12.6. The molecule has 18 heavy (non-hydrogen) atoms. The van der Waals surface area contributed by atoms with E-state index in [1.54, 1.807) is 6.07 Å². The van der Waals surface area contributed by atoms with E-state index in [1.807, 2.05) is 18.2 Å². The summed E-state index contributed by atoms with van der Waals surface area (Å²) in [5.74, 6) is -0.679. The zero-order chi connectivity index (χ0) is 13.3. The molecule has 4 heteroatoms. The number of rotatable bonds is 4. The van der Waals surface area contributed by atoms with E-state index in [-0.39, 0.29) is 5.91 Å². The van der Waals surface area contributed by atoms with Crippen molar-refractivity contribution in [3.05, 3.63) is 35.4 Å². The van der Waals surface area contributed by atoms with Crippen LogP contribution in [-0.2, 0) is 9.59 Å². The molecule has 1 amide bonds. The van der Waals surface area contributed by atoms with Gasteiger partial charge >= 0.3 is 5.97 Å². The molecule has 1 unspecified atom stereocenters. The van der Waals surface area contributed by atoms with Crippen LogP contribution >= 0.6 is 0 Å². The minimum absolute atomic E-state index is 0.251. The quantitative estimate of drug-likeness (QED) is 0.887. The maximum absolute atomic E-state index is 11.4. The lowest BCUT2D eigenvalue weighted by atomic mass is 10.0. The van der Waals surface area contributed by atoms with Crippen LogP contribution in [0.2, 0.25) is 0 Å². The molecule has 2 rings (SSSR count). The summed E-state index contributed by atoms with van der Waals surface area (Å²) in [6.45, 7) is 1.38. The van der Waals surface area contributed by atoms with Crippen molar-refractivity contribution >= 4 is 11.9 Å². The third kappa shape index (κ3) is 2.53. The second kappa shape index (κ2) is 4.80. The number of likely N-dealkylation sites (N-methyl/N-ethyl adjacent to an activating group) is 1. The number of carboxylic acid groups (broad SMARTS) is 1. The number of nitrogens with zero attached hydrogens (tertiary/aromatic N) is 1. The van der Waals surface area contributed by atoms with Crippen LogP contribution in [0.1, 0.15) is 42.9 Å². The summed E-state index contributed by atoms with van der Waals surface area (Å²) in [7, 11) is 1.52. The third-order valence-electron chi connectivity index (χ3n) is 3.39. The van der Waals surface area contributed by atoms with Gasteiger partial charge in [-0.25, -0.2) is 4.79 Å². The summed E-state index contributed by atoms with van der Waals surface area (Å²) in [6, 6.07) is 6.67. The molecule has 1 atom stereocenters. The number of carbonyl (C=O) groups excluding carboxylic acids is 1. The van der Waals surface area contributed by atoms with Crippen LogP contribution in [0.4, 0.5) is 0 Å². The Kier molecular flexibility index (Phi) is 3.36. The monoisotopic (exact) mass is 247 g/mol. The summed E-state index contributed by atoms with van der Waals surface area (Å²) in [5.41, 5.74) is 1.85. The lowest BCUT2D eigenvalue weighted by molar-refractivity contribution is -0.148. The maximum atomic E-state index is 11.4. The van der Waals surface area contributed by atoms with Crippen LogP contribution < -0.4 is 0 Å². The molecular formula is C14H17NO3. The Morgan fingerprint density at radius 1 is 1.39 bits per heavy atom. The summed E-state index contributed by atoms with van der Waals surface area (Å²) in [6.07, 6.45) is 2.34. The van der Waals surface area contributed by atoms with Crippen molar-refractivity contribution in [2.45, 2.75) is 31.7 Å². The van der Waals surface area contributed by atoms with Gasteiger partial charge in [-0.15, -0.1) is 0 Å². The Morgan fingerprint density at radius 3 is 2.56 bits per heavy atom. The largest absolute Gasteiger partial charge is 0.479 e. The number of aliphatic carboxylic acids is 1. The Hall–Kier alpha value is -1.84. The highest BCUT2D eigenvalue weighted by Crippen LogP contribution is 2.40. The second-order valence-corrected chi connectivity index (χ2v) is 4.82. The van der Waals surface area contributed by atoms with E-state index < -0.39 is 12.0 Å². The molecule has 0 aromatic heterocycles. The van der Waals surface area contributed by atoms with Crippen molar-refractivity contribution in [2.75, 3.05) is 7.05 Å². The van der Waals surface area contributed by atoms with Crippen molar-refractivity contribution in [1.82, 2.24) is 4.90 Å². The molecule has 0 aliphatic heterocycles. The van der Waals surface area contributed by atoms with E-state index in [2.05, 4.69) is 0 Å². The Balaban J connectivity index is 2.32. The van der Waals surface area contributed by atoms with Gasteiger partial charge in [0.15, 0.2) is 6.04 Å². The van der Waals surface area contributed by atoms with E-state index in [0.29, 0.717) is 11.5 Å². The van der Waals surface area contributed by atoms with Gasteiger partial charge in [-0.2, -0.15) is 0 Å². The molecule has 1 N–H and O–H groups in total. The maximum Gasteiger partial charge on any atom is 0.331 e. The fourth-order valence-electron chi connectivity index (χ4n) is 2.11. The zero-order valence-electron chi connectivity index (χ0n) is 10.6. The molecule has 0 bridgehead atoms. The number of carbonyl (C=O) groups is 2. The van der Waals surface area contributed by atoms with Gasteiger partial charge in [0.25, 0.3) is 0 Å². The molecule has 1 aliphatic rings. The average molecular weight is 247 g/mol. The predicted molar refractivity (Wildman–Crippen MR) is 67.2 cm³/mol. The smallest absolute Gasteiger partial charge is 0.331 e. The van der Waals surface area contributed by atoms with Gasteiger partial charge in [-0.1, -0.05) is 24.3 Å². The summed E-state index contributed by atoms with van der Waals surface area (Å²) in [4.78, 5) is 24.0. The number of hydrogen-bond donors (Lipinski definition) is 1. The van der Waals surface area contributed by atoms with Crippen molar-refractivity contribution in [2.24, 2.45) is 0 Å². The second-order valence-electron chi connectivity index (χ2n) is 4.82. The third-order valence-corrected chi connectivity index (χ3v) is 3.39. The van der Waals surface area contributed by atoms with Gasteiger partial charge in [-0.3, -0.25) is 4.79 Å². The fraction of sp³-hybridized carbons (Fsp3) is 0.429. The molecule has 0 saturated heterocycles. The normalized spacial score (nSPS) is 16.1. The first-order chi connectivity index (χ1) is 8.50. The SMILES string of the molecule is CC(=O)N(C)C(C(=O)O)c1cccc(C2CC2)c1. The summed E-state index contributed by atoms with van der Waals surface area (Å²) < 4.78 is 0.